The van der Waals surface area contributed by atoms with Gasteiger partial charge in [0, 0.05) is 7.05 Å². The second-order valence-corrected chi connectivity index (χ2v) is 2.77. The molecule has 0 unspecified atom stereocenters. The first-order chi connectivity index (χ1) is 6.40. The lowest BCUT2D eigenvalue weighted by Crippen LogP contribution is -2.31. The van der Waals surface area contributed by atoms with Crippen molar-refractivity contribution in [2.24, 2.45) is 0 Å². The molecule has 0 aliphatic carbocycles. The van der Waals surface area contributed by atoms with E-state index in [0.29, 0.717) is 0 Å². The van der Waals surface area contributed by atoms with Gasteiger partial charge >= 0.3 is 6.18 Å². The van der Waals surface area contributed by atoms with Gasteiger partial charge in [-0.1, -0.05) is 0 Å². The molecular weight excluding hydrogens is 197 g/mol. The number of anilines is 2. The van der Waals surface area contributed by atoms with E-state index in [1.54, 1.807) is 0 Å². The van der Waals surface area contributed by atoms with Gasteiger partial charge in [-0.15, -0.1) is 0 Å². The molecule has 4 nitrogen and oxygen atoms in total. The van der Waals surface area contributed by atoms with E-state index >= 15 is 0 Å². The quantitative estimate of drug-likeness (QED) is 0.786. The first kappa shape index (κ1) is 10.6. The largest absolute Gasteiger partial charge is 0.405 e. The number of rotatable bonds is 2. The average molecular weight is 206 g/mol. The van der Waals surface area contributed by atoms with Gasteiger partial charge in [-0.3, -0.25) is 0 Å². The summed E-state index contributed by atoms with van der Waals surface area (Å²) in [5.41, 5.74) is 5.53. The maximum Gasteiger partial charge on any atom is 0.405 e. The van der Waals surface area contributed by atoms with E-state index in [9.17, 15) is 13.2 Å². The van der Waals surface area contributed by atoms with Crippen LogP contribution in [0.2, 0.25) is 0 Å². The molecule has 0 radical (unpaired) electrons. The molecule has 0 atom stereocenters. The molecule has 0 bridgehead atoms. The standard InChI is InChI=1S/C7H9F3N4/c1-14(3-7(8,9)10)6-5(11)2-12-4-13-6/h2,4H,3,11H2,1H3. The van der Waals surface area contributed by atoms with Gasteiger partial charge in [0.1, 0.15) is 12.9 Å². The zero-order valence-electron chi connectivity index (χ0n) is 7.41. The number of hydrogen-bond donors (Lipinski definition) is 1. The van der Waals surface area contributed by atoms with Gasteiger partial charge in [-0.2, -0.15) is 13.2 Å². The number of hydrogen-bond acceptors (Lipinski definition) is 4. The van der Waals surface area contributed by atoms with Crippen molar-refractivity contribution >= 4 is 11.5 Å². The van der Waals surface area contributed by atoms with Crippen molar-refractivity contribution in [2.45, 2.75) is 6.18 Å². The molecule has 7 heteroatoms. The van der Waals surface area contributed by atoms with Crippen LogP contribution in [0.1, 0.15) is 0 Å². The number of alkyl halides is 3. The Hall–Kier alpha value is -1.53. The van der Waals surface area contributed by atoms with E-state index in [1.165, 1.54) is 13.2 Å². The summed E-state index contributed by atoms with van der Waals surface area (Å²) in [5.74, 6) is 0.0809. The minimum absolute atomic E-state index is 0.0809. The van der Waals surface area contributed by atoms with Gasteiger partial charge in [0.15, 0.2) is 5.82 Å². The molecule has 1 rings (SSSR count). The van der Waals surface area contributed by atoms with Gasteiger partial charge in [0.2, 0.25) is 0 Å². The van der Waals surface area contributed by atoms with E-state index in [4.69, 9.17) is 5.73 Å². The summed E-state index contributed by atoms with van der Waals surface area (Å²) in [6.45, 7) is -1.09. The summed E-state index contributed by atoms with van der Waals surface area (Å²) >= 11 is 0. The lowest BCUT2D eigenvalue weighted by atomic mass is 10.4. The summed E-state index contributed by atoms with van der Waals surface area (Å²) in [5, 5.41) is 0. The summed E-state index contributed by atoms with van der Waals surface area (Å²) in [4.78, 5) is 8.16. The van der Waals surface area contributed by atoms with Crippen LogP contribution >= 0.6 is 0 Å². The van der Waals surface area contributed by atoms with Crippen molar-refractivity contribution < 1.29 is 13.2 Å². The third kappa shape index (κ3) is 2.75. The molecule has 2 N–H and O–H groups in total. The molecule has 1 heterocycles. The second kappa shape index (κ2) is 3.69. The Morgan fingerprint density at radius 3 is 2.64 bits per heavy atom. The van der Waals surface area contributed by atoms with Crippen LogP contribution in [0.15, 0.2) is 12.5 Å². The molecule has 0 amide bonds. The number of aromatic nitrogens is 2. The first-order valence-electron chi connectivity index (χ1n) is 3.73. The zero-order chi connectivity index (χ0) is 10.8. The maximum absolute atomic E-state index is 12.0. The highest BCUT2D eigenvalue weighted by Gasteiger charge is 2.30. The Kier molecular flexibility index (Phi) is 2.78. The van der Waals surface area contributed by atoms with Crippen LogP contribution in [0.3, 0.4) is 0 Å². The highest BCUT2D eigenvalue weighted by atomic mass is 19.4. The third-order valence-corrected chi connectivity index (χ3v) is 1.50. The van der Waals surface area contributed by atoms with E-state index in [0.717, 1.165) is 11.2 Å². The van der Waals surface area contributed by atoms with Crippen molar-refractivity contribution in [3.8, 4) is 0 Å². The second-order valence-electron chi connectivity index (χ2n) is 2.77. The average Bonchev–Trinajstić information content (AvgIpc) is 2.01. The lowest BCUT2D eigenvalue weighted by molar-refractivity contribution is -0.119. The van der Waals surface area contributed by atoms with E-state index in [-0.39, 0.29) is 11.5 Å². The normalized spacial score (nSPS) is 11.4. The molecule has 0 saturated carbocycles. The monoisotopic (exact) mass is 206 g/mol. The highest BCUT2D eigenvalue weighted by molar-refractivity contribution is 5.60. The molecule has 0 fully saturated rings. The molecule has 0 aliphatic heterocycles. The predicted octanol–water partition coefficient (Wildman–Crippen LogP) is 1.06. The highest BCUT2D eigenvalue weighted by Crippen LogP contribution is 2.22. The Labute approximate surface area is 78.6 Å². The fourth-order valence-corrected chi connectivity index (χ4v) is 0.997. The van der Waals surface area contributed by atoms with Crippen molar-refractivity contribution in [1.82, 2.24) is 9.97 Å². The summed E-state index contributed by atoms with van der Waals surface area (Å²) in [6, 6.07) is 0. The van der Waals surface area contributed by atoms with Crippen LogP contribution in [-0.2, 0) is 0 Å². The molecule has 0 aromatic carbocycles. The third-order valence-electron chi connectivity index (χ3n) is 1.50. The summed E-state index contributed by atoms with van der Waals surface area (Å²) in [7, 11) is 1.27. The number of halogens is 3. The fraction of sp³-hybridized carbons (Fsp3) is 0.429. The van der Waals surface area contributed by atoms with Crippen LogP contribution in [0.4, 0.5) is 24.7 Å². The molecule has 78 valence electrons. The van der Waals surface area contributed by atoms with Crippen LogP contribution in [0, 0.1) is 0 Å². The molecular formula is C7H9F3N4. The van der Waals surface area contributed by atoms with E-state index in [1.807, 2.05) is 0 Å². The Morgan fingerprint density at radius 1 is 1.50 bits per heavy atom. The smallest absolute Gasteiger partial charge is 0.394 e. The van der Waals surface area contributed by atoms with Crippen LogP contribution in [-0.4, -0.2) is 29.7 Å². The van der Waals surface area contributed by atoms with Crippen LogP contribution < -0.4 is 10.6 Å². The van der Waals surface area contributed by atoms with Gasteiger partial charge in [-0.05, 0) is 0 Å². The maximum atomic E-state index is 12.0. The fourth-order valence-electron chi connectivity index (χ4n) is 0.997. The molecule has 0 aliphatic rings. The lowest BCUT2D eigenvalue weighted by Gasteiger charge is -2.20. The Bertz CT molecular complexity index is 312. The minimum atomic E-state index is -4.27. The molecule has 0 spiro atoms. The summed E-state index contributed by atoms with van der Waals surface area (Å²) in [6.07, 6.45) is -1.86. The SMILES string of the molecule is CN(CC(F)(F)F)c1ncncc1N. The number of nitrogens with zero attached hydrogens (tertiary/aromatic N) is 3. The molecule has 1 aromatic heterocycles. The molecule has 0 saturated heterocycles. The van der Waals surface area contributed by atoms with Gasteiger partial charge < -0.3 is 10.6 Å². The van der Waals surface area contributed by atoms with Gasteiger partial charge in [0.25, 0.3) is 0 Å². The van der Waals surface area contributed by atoms with Crippen LogP contribution in [0.25, 0.3) is 0 Å². The summed E-state index contributed by atoms with van der Waals surface area (Å²) < 4.78 is 36.0. The predicted molar refractivity (Wildman–Crippen MR) is 45.8 cm³/mol. The first-order valence-corrected chi connectivity index (χ1v) is 3.73. The topological polar surface area (TPSA) is 55.0 Å². The number of nitrogen functional groups attached to an aromatic ring is 1. The van der Waals surface area contributed by atoms with Crippen molar-refractivity contribution in [3.05, 3.63) is 12.5 Å². The van der Waals surface area contributed by atoms with Gasteiger partial charge in [0.05, 0.1) is 11.9 Å². The van der Waals surface area contributed by atoms with E-state index < -0.39 is 12.7 Å². The van der Waals surface area contributed by atoms with Crippen molar-refractivity contribution in [1.29, 1.82) is 0 Å². The van der Waals surface area contributed by atoms with E-state index in [2.05, 4.69) is 9.97 Å². The molecule has 14 heavy (non-hydrogen) atoms. The minimum Gasteiger partial charge on any atom is -0.394 e. The zero-order valence-corrected chi connectivity index (χ0v) is 7.41. The van der Waals surface area contributed by atoms with Crippen molar-refractivity contribution in [3.63, 3.8) is 0 Å². The van der Waals surface area contributed by atoms with Crippen LogP contribution in [0.5, 0.6) is 0 Å². The molecule has 1 aromatic rings. The van der Waals surface area contributed by atoms with Gasteiger partial charge in [-0.25, -0.2) is 9.97 Å². The number of nitrogens with two attached hydrogens (primary N) is 1. The van der Waals surface area contributed by atoms with Crippen molar-refractivity contribution in [2.75, 3.05) is 24.2 Å². The Morgan fingerprint density at radius 2 is 2.14 bits per heavy atom. The Balaban J connectivity index is 2.80.